The second-order valence-electron chi connectivity index (χ2n) is 5.32. The van der Waals surface area contributed by atoms with Gasteiger partial charge in [-0.1, -0.05) is 85.0 Å². The summed E-state index contributed by atoms with van der Waals surface area (Å²) in [4.78, 5) is 0. The first-order valence-corrected chi connectivity index (χ1v) is 7.08. The molecule has 0 spiro atoms. The maximum Gasteiger partial charge on any atom is 0.0768 e. The molecule has 0 radical (unpaired) electrons. The highest BCUT2D eigenvalue weighted by atomic mass is 14.3. The summed E-state index contributed by atoms with van der Waals surface area (Å²) in [6.45, 7) is 1.97. The molecule has 2 aromatic rings. The van der Waals surface area contributed by atoms with Crippen LogP contribution in [0.25, 0.3) is 6.08 Å². The van der Waals surface area contributed by atoms with Crippen molar-refractivity contribution in [1.29, 1.82) is 5.26 Å². The largest absolute Gasteiger partial charge is 0.197 e. The van der Waals surface area contributed by atoms with Crippen molar-refractivity contribution in [3.63, 3.8) is 0 Å². The van der Waals surface area contributed by atoms with Crippen molar-refractivity contribution in [2.75, 3.05) is 0 Å². The van der Waals surface area contributed by atoms with E-state index >= 15 is 0 Å². The lowest BCUT2D eigenvalue weighted by Gasteiger charge is -2.16. The summed E-state index contributed by atoms with van der Waals surface area (Å²) in [7, 11) is 0. The molecule has 0 heterocycles. The molecule has 0 aromatic heterocycles. The van der Waals surface area contributed by atoms with E-state index in [1.807, 2.05) is 67.6 Å². The van der Waals surface area contributed by atoms with Gasteiger partial charge in [-0.15, -0.1) is 0 Å². The van der Waals surface area contributed by atoms with Gasteiger partial charge in [0.15, 0.2) is 0 Å². The lowest BCUT2D eigenvalue weighted by atomic mass is 9.85. The molecule has 1 nitrogen and oxygen atoms in total. The number of hydrogen-bond donors (Lipinski definition) is 0. The fourth-order valence-electron chi connectivity index (χ4n) is 2.15. The predicted molar refractivity (Wildman–Crippen MR) is 88.5 cm³/mol. The molecule has 0 fully saturated rings. The molecule has 0 aliphatic carbocycles. The highest BCUT2D eigenvalue weighted by molar-refractivity contribution is 5.50. The van der Waals surface area contributed by atoms with E-state index in [-0.39, 0.29) is 0 Å². The van der Waals surface area contributed by atoms with Gasteiger partial charge in [0.05, 0.1) is 11.5 Å². The highest BCUT2D eigenvalue weighted by Crippen LogP contribution is 2.23. The number of benzene rings is 2. The Morgan fingerprint density at radius 2 is 1.57 bits per heavy atom. The minimum absolute atomic E-state index is 0.484. The summed E-state index contributed by atoms with van der Waals surface area (Å²) in [5, 5.41) is 9.44. The topological polar surface area (TPSA) is 23.8 Å². The Morgan fingerprint density at radius 3 is 2.19 bits per heavy atom. The number of hydrogen-bond acceptors (Lipinski definition) is 1. The van der Waals surface area contributed by atoms with Gasteiger partial charge in [-0.05, 0) is 24.5 Å². The van der Waals surface area contributed by atoms with Crippen LogP contribution in [0.1, 0.15) is 18.1 Å². The Kier molecular flexibility index (Phi) is 5.12. The number of nitrogens with zero attached hydrogens (tertiary/aromatic N) is 1. The van der Waals surface area contributed by atoms with Gasteiger partial charge < -0.3 is 0 Å². The summed E-state index contributed by atoms with van der Waals surface area (Å²) < 4.78 is 0. The van der Waals surface area contributed by atoms with Crippen LogP contribution in [0.2, 0.25) is 0 Å². The van der Waals surface area contributed by atoms with Crippen molar-refractivity contribution < 1.29 is 0 Å². The van der Waals surface area contributed by atoms with Crippen LogP contribution in [0, 0.1) is 16.7 Å². The van der Waals surface area contributed by atoms with Crippen LogP contribution in [0.4, 0.5) is 0 Å². The van der Waals surface area contributed by atoms with Gasteiger partial charge in [0.1, 0.15) is 0 Å². The van der Waals surface area contributed by atoms with Crippen molar-refractivity contribution in [1.82, 2.24) is 0 Å². The SMILES string of the molecule is CC(C#N)(/C=C/C=C/c1ccccc1)Cc1ccccc1. The van der Waals surface area contributed by atoms with Crippen LogP contribution in [-0.2, 0) is 6.42 Å². The zero-order valence-electron chi connectivity index (χ0n) is 12.2. The van der Waals surface area contributed by atoms with Crippen LogP contribution >= 0.6 is 0 Å². The Balaban J connectivity index is 2.03. The third-order valence-corrected chi connectivity index (χ3v) is 3.33. The van der Waals surface area contributed by atoms with Crippen LogP contribution in [0.3, 0.4) is 0 Å². The smallest absolute Gasteiger partial charge is 0.0768 e. The molecule has 0 amide bonds. The standard InChI is InChI=1S/C20H19N/c1-20(17-21,16-19-13-6-3-7-14-19)15-9-8-12-18-10-4-2-5-11-18/h2-15H,16H2,1H3/b12-8+,15-9+. The van der Waals surface area contributed by atoms with Crippen molar-refractivity contribution in [3.05, 3.63) is 90.0 Å². The van der Waals surface area contributed by atoms with Crippen molar-refractivity contribution >= 4 is 6.08 Å². The monoisotopic (exact) mass is 273 g/mol. The normalized spacial score (nSPS) is 14.1. The van der Waals surface area contributed by atoms with Gasteiger partial charge in [0.2, 0.25) is 0 Å². The number of nitriles is 1. The van der Waals surface area contributed by atoms with Crippen LogP contribution in [0.15, 0.2) is 78.9 Å². The van der Waals surface area contributed by atoms with E-state index in [9.17, 15) is 5.26 Å². The molecule has 104 valence electrons. The van der Waals surface area contributed by atoms with Crippen molar-refractivity contribution in [3.8, 4) is 6.07 Å². The molecule has 0 bridgehead atoms. The van der Waals surface area contributed by atoms with Gasteiger partial charge in [-0.25, -0.2) is 0 Å². The molecule has 0 aliphatic rings. The van der Waals surface area contributed by atoms with Crippen molar-refractivity contribution in [2.45, 2.75) is 13.3 Å². The summed E-state index contributed by atoms with van der Waals surface area (Å²) in [5.74, 6) is 0. The fraction of sp³-hybridized carbons (Fsp3) is 0.150. The molecule has 0 N–H and O–H groups in total. The van der Waals surface area contributed by atoms with E-state index in [4.69, 9.17) is 0 Å². The minimum Gasteiger partial charge on any atom is -0.197 e. The Morgan fingerprint density at radius 1 is 0.952 bits per heavy atom. The third-order valence-electron chi connectivity index (χ3n) is 3.33. The first kappa shape index (κ1) is 14.8. The molecule has 2 rings (SSSR count). The zero-order chi connectivity index (χ0) is 15.0. The highest BCUT2D eigenvalue weighted by Gasteiger charge is 2.20. The molecule has 2 aromatic carbocycles. The van der Waals surface area contributed by atoms with E-state index in [0.29, 0.717) is 0 Å². The Hall–Kier alpha value is -2.59. The molecule has 1 atom stereocenters. The van der Waals surface area contributed by atoms with E-state index in [1.165, 1.54) is 5.56 Å². The molecule has 21 heavy (non-hydrogen) atoms. The third kappa shape index (κ3) is 4.78. The molecule has 0 saturated heterocycles. The van der Waals surface area contributed by atoms with E-state index < -0.39 is 5.41 Å². The number of allylic oxidation sites excluding steroid dienone is 3. The molecule has 1 unspecified atom stereocenters. The second-order valence-corrected chi connectivity index (χ2v) is 5.32. The fourth-order valence-corrected chi connectivity index (χ4v) is 2.15. The second kappa shape index (κ2) is 7.26. The van der Waals surface area contributed by atoms with Gasteiger partial charge in [-0.2, -0.15) is 5.26 Å². The summed E-state index contributed by atoms with van der Waals surface area (Å²) >= 11 is 0. The van der Waals surface area contributed by atoms with Crippen LogP contribution in [0.5, 0.6) is 0 Å². The zero-order valence-corrected chi connectivity index (χ0v) is 12.2. The number of rotatable bonds is 5. The minimum atomic E-state index is -0.484. The molecule has 0 aliphatic heterocycles. The lowest BCUT2D eigenvalue weighted by molar-refractivity contribution is 0.565. The Labute approximate surface area is 126 Å². The predicted octanol–water partition coefficient (Wildman–Crippen LogP) is 5.03. The first-order valence-electron chi connectivity index (χ1n) is 7.08. The van der Waals surface area contributed by atoms with Gasteiger partial charge >= 0.3 is 0 Å². The van der Waals surface area contributed by atoms with Crippen molar-refractivity contribution in [2.24, 2.45) is 5.41 Å². The summed E-state index contributed by atoms with van der Waals surface area (Å²) in [5.41, 5.74) is 1.85. The van der Waals surface area contributed by atoms with Crippen LogP contribution < -0.4 is 0 Å². The van der Waals surface area contributed by atoms with E-state index in [0.717, 1.165) is 12.0 Å². The average Bonchev–Trinajstić information content (AvgIpc) is 2.54. The first-order chi connectivity index (χ1) is 10.2. The van der Waals surface area contributed by atoms with Gasteiger partial charge in [-0.3, -0.25) is 0 Å². The summed E-state index contributed by atoms with van der Waals surface area (Å²) in [6.07, 6.45) is 8.67. The molecule has 1 heteroatoms. The van der Waals surface area contributed by atoms with E-state index in [2.05, 4.69) is 30.3 Å². The van der Waals surface area contributed by atoms with E-state index in [1.54, 1.807) is 0 Å². The quantitative estimate of drug-likeness (QED) is 0.701. The maximum atomic E-state index is 9.44. The van der Waals surface area contributed by atoms with Crippen LogP contribution in [-0.4, -0.2) is 0 Å². The average molecular weight is 273 g/mol. The Bertz CT molecular complexity index is 647. The van der Waals surface area contributed by atoms with Gasteiger partial charge in [0, 0.05) is 0 Å². The molecular weight excluding hydrogens is 254 g/mol. The lowest BCUT2D eigenvalue weighted by Crippen LogP contribution is -2.13. The molecular formula is C20H19N. The molecule has 0 saturated carbocycles. The van der Waals surface area contributed by atoms with Gasteiger partial charge in [0.25, 0.3) is 0 Å². The maximum absolute atomic E-state index is 9.44. The summed E-state index contributed by atoms with van der Waals surface area (Å²) in [6, 6.07) is 22.7.